The molecule has 15 heteroatoms. The Kier molecular flexibility index (Phi) is 6.89. The summed E-state index contributed by atoms with van der Waals surface area (Å²) >= 11 is 0. The minimum absolute atomic E-state index is 0.0107. The summed E-state index contributed by atoms with van der Waals surface area (Å²) in [7, 11) is 2.76. The van der Waals surface area contributed by atoms with Crippen molar-refractivity contribution < 1.29 is 40.7 Å². The van der Waals surface area contributed by atoms with Crippen LogP contribution >= 0.6 is 0 Å². The third-order valence-electron chi connectivity index (χ3n) is 4.83. The van der Waals surface area contributed by atoms with Crippen molar-refractivity contribution in [3.63, 3.8) is 0 Å². The van der Waals surface area contributed by atoms with Crippen molar-refractivity contribution in [2.75, 3.05) is 27.2 Å². The van der Waals surface area contributed by atoms with Crippen molar-refractivity contribution in [2.45, 2.75) is 18.8 Å². The third kappa shape index (κ3) is 5.78. The summed E-state index contributed by atoms with van der Waals surface area (Å²) < 4.78 is 79.4. The van der Waals surface area contributed by atoms with Gasteiger partial charge in [0.1, 0.15) is 6.33 Å². The first kappa shape index (κ1) is 25.7. The van der Waals surface area contributed by atoms with Crippen molar-refractivity contribution in [3.05, 3.63) is 41.7 Å². The zero-order valence-corrected chi connectivity index (χ0v) is 18.3. The fraction of sp³-hybridized carbons (Fsp3) is 0.350. The van der Waals surface area contributed by atoms with Crippen LogP contribution in [-0.2, 0) is 26.7 Å². The van der Waals surface area contributed by atoms with Crippen LogP contribution in [0.3, 0.4) is 0 Å². The summed E-state index contributed by atoms with van der Waals surface area (Å²) in [5.41, 5.74) is -3.56. The molecule has 1 aromatic carbocycles. The molecule has 1 saturated heterocycles. The minimum atomic E-state index is -5.03. The number of carbonyl (C=O) groups is 3. The maximum atomic E-state index is 13.1. The molecule has 0 radical (unpaired) electrons. The van der Waals surface area contributed by atoms with Gasteiger partial charge in [-0.3, -0.25) is 14.4 Å². The lowest BCUT2D eigenvalue weighted by molar-refractivity contribution is -0.162. The SMILES string of the molecule is CN(C)C(=O)C(=O)N1CCCN1C(=O)C=Cn1cnc(-c2cc(C(F)(F)F)cc(C(F)(F)F)c2)n1. The number of halogens is 6. The number of benzene rings is 1. The Morgan fingerprint density at radius 3 is 2.06 bits per heavy atom. The Balaban J connectivity index is 1.82. The molecule has 2 aromatic rings. The Hall–Kier alpha value is -3.91. The van der Waals surface area contributed by atoms with Gasteiger partial charge in [0, 0.05) is 45.0 Å². The summed E-state index contributed by atoms with van der Waals surface area (Å²) in [6.07, 6.45) is -6.62. The number of nitrogens with zero attached hydrogens (tertiary/aromatic N) is 6. The van der Waals surface area contributed by atoms with E-state index in [4.69, 9.17) is 0 Å². The zero-order valence-electron chi connectivity index (χ0n) is 18.3. The van der Waals surface area contributed by atoms with E-state index in [2.05, 4.69) is 10.1 Å². The number of alkyl halides is 6. The molecule has 0 N–H and O–H groups in total. The highest BCUT2D eigenvalue weighted by Crippen LogP contribution is 2.38. The van der Waals surface area contributed by atoms with Gasteiger partial charge in [0.2, 0.25) is 0 Å². The molecule has 0 spiro atoms. The van der Waals surface area contributed by atoms with E-state index in [0.717, 1.165) is 38.2 Å². The molecule has 0 atom stereocenters. The number of likely N-dealkylation sites (N-methyl/N-ethyl adjacent to an activating group) is 1. The molecule has 1 aliphatic heterocycles. The number of rotatable bonds is 3. The van der Waals surface area contributed by atoms with Crippen molar-refractivity contribution >= 4 is 23.9 Å². The number of carbonyl (C=O) groups excluding carboxylic acids is 3. The standard InChI is InChI=1S/C20H18F6N6O3/c1-29(2)17(34)18(35)32-6-3-5-31(32)15(33)4-7-30-11-27-16(28-30)12-8-13(19(21,22)23)10-14(9-12)20(24,25)26/h4,7-11H,3,5-6H2,1-2H3. The second-order valence-corrected chi connectivity index (χ2v) is 7.60. The Labute approximate surface area is 194 Å². The van der Waals surface area contributed by atoms with Crippen molar-refractivity contribution in [2.24, 2.45) is 0 Å². The molecule has 0 unspecified atom stereocenters. The molecule has 2 heterocycles. The molecular weight excluding hydrogens is 486 g/mol. The van der Waals surface area contributed by atoms with Crippen LogP contribution in [0.5, 0.6) is 0 Å². The predicted molar refractivity (Wildman–Crippen MR) is 108 cm³/mol. The molecule has 35 heavy (non-hydrogen) atoms. The van der Waals surface area contributed by atoms with E-state index >= 15 is 0 Å². The number of amides is 3. The molecule has 0 saturated carbocycles. The zero-order chi connectivity index (χ0) is 26.1. The van der Waals surface area contributed by atoms with Crippen LogP contribution in [0.1, 0.15) is 17.5 Å². The lowest BCUT2D eigenvalue weighted by atomic mass is 10.0. The van der Waals surface area contributed by atoms with Crippen molar-refractivity contribution in [1.29, 1.82) is 0 Å². The lowest BCUT2D eigenvalue weighted by Gasteiger charge is -2.27. The van der Waals surface area contributed by atoms with Crippen molar-refractivity contribution in [3.8, 4) is 11.4 Å². The van der Waals surface area contributed by atoms with Gasteiger partial charge >= 0.3 is 24.2 Å². The second-order valence-electron chi connectivity index (χ2n) is 7.60. The molecule has 0 bridgehead atoms. The quantitative estimate of drug-likeness (QED) is 0.364. The van der Waals surface area contributed by atoms with Crippen molar-refractivity contribution in [1.82, 2.24) is 29.7 Å². The molecule has 9 nitrogen and oxygen atoms in total. The monoisotopic (exact) mass is 504 g/mol. The first-order chi connectivity index (χ1) is 16.2. The minimum Gasteiger partial charge on any atom is -0.341 e. The summed E-state index contributed by atoms with van der Waals surface area (Å²) in [5, 5.41) is 5.83. The smallest absolute Gasteiger partial charge is 0.341 e. The summed E-state index contributed by atoms with van der Waals surface area (Å²) in [5.74, 6) is -2.86. The maximum absolute atomic E-state index is 13.1. The Morgan fingerprint density at radius 1 is 0.943 bits per heavy atom. The Bertz CT molecular complexity index is 1140. The molecule has 1 fully saturated rings. The largest absolute Gasteiger partial charge is 0.416 e. The normalized spacial score (nSPS) is 14.6. The number of hydrogen-bond donors (Lipinski definition) is 0. The highest BCUT2D eigenvalue weighted by atomic mass is 19.4. The van der Waals surface area contributed by atoms with Gasteiger partial charge in [-0.2, -0.15) is 26.3 Å². The number of hydrazine groups is 1. The fourth-order valence-electron chi connectivity index (χ4n) is 3.14. The van der Waals surface area contributed by atoms with Crippen LogP contribution < -0.4 is 0 Å². The number of aromatic nitrogens is 3. The van der Waals surface area contributed by atoms with Gasteiger partial charge < -0.3 is 4.90 Å². The molecule has 1 aliphatic rings. The van der Waals surface area contributed by atoms with Crippen LogP contribution in [0.25, 0.3) is 17.6 Å². The first-order valence-electron chi connectivity index (χ1n) is 9.92. The summed E-state index contributed by atoms with van der Waals surface area (Å²) in [4.78, 5) is 41.5. The van der Waals surface area contributed by atoms with Crippen LogP contribution in [0.2, 0.25) is 0 Å². The average molecular weight is 504 g/mol. The molecule has 188 valence electrons. The van der Waals surface area contributed by atoms with Crippen LogP contribution in [0.15, 0.2) is 30.6 Å². The highest BCUT2D eigenvalue weighted by molar-refractivity contribution is 6.34. The van der Waals surface area contributed by atoms with Gasteiger partial charge in [0.15, 0.2) is 5.82 Å². The van der Waals surface area contributed by atoms with Gasteiger partial charge in [-0.1, -0.05) is 0 Å². The maximum Gasteiger partial charge on any atom is 0.416 e. The van der Waals surface area contributed by atoms with E-state index in [1.165, 1.54) is 14.1 Å². The van der Waals surface area contributed by atoms with E-state index in [-0.39, 0.29) is 19.2 Å². The number of hydrogen-bond acceptors (Lipinski definition) is 5. The first-order valence-corrected chi connectivity index (χ1v) is 9.92. The molecule has 3 rings (SSSR count). The summed E-state index contributed by atoms with van der Waals surface area (Å²) in [6, 6.07) is 0.960. The topological polar surface area (TPSA) is 91.6 Å². The van der Waals surface area contributed by atoms with E-state index in [1.54, 1.807) is 0 Å². The second kappa shape index (κ2) is 9.38. The van der Waals surface area contributed by atoms with Gasteiger partial charge in [0.05, 0.1) is 11.1 Å². The Morgan fingerprint density at radius 2 is 1.51 bits per heavy atom. The van der Waals surface area contributed by atoms with E-state index < -0.39 is 52.6 Å². The van der Waals surface area contributed by atoms with Gasteiger partial charge in [-0.15, -0.1) is 5.10 Å². The average Bonchev–Trinajstić information content (AvgIpc) is 3.44. The van der Waals surface area contributed by atoms with E-state index in [0.29, 0.717) is 18.6 Å². The van der Waals surface area contributed by atoms with Gasteiger partial charge in [-0.25, -0.2) is 19.7 Å². The van der Waals surface area contributed by atoms with E-state index in [9.17, 15) is 40.7 Å². The molecule has 3 amide bonds. The van der Waals surface area contributed by atoms with Crippen LogP contribution in [0, 0.1) is 0 Å². The molecule has 0 aliphatic carbocycles. The van der Waals surface area contributed by atoms with Crippen LogP contribution in [-0.4, -0.2) is 74.6 Å². The molecular formula is C20H18F6N6O3. The van der Waals surface area contributed by atoms with Crippen LogP contribution in [0.4, 0.5) is 26.3 Å². The lowest BCUT2D eigenvalue weighted by Crippen LogP contribution is -2.49. The van der Waals surface area contributed by atoms with Gasteiger partial charge in [0.25, 0.3) is 5.91 Å². The predicted octanol–water partition coefficient (Wildman–Crippen LogP) is 2.52. The molecule has 1 aromatic heterocycles. The third-order valence-corrected chi connectivity index (χ3v) is 4.83. The van der Waals surface area contributed by atoms with E-state index in [1.807, 2.05) is 0 Å². The highest BCUT2D eigenvalue weighted by Gasteiger charge is 2.37. The van der Waals surface area contributed by atoms with Gasteiger partial charge in [-0.05, 0) is 24.6 Å². The summed E-state index contributed by atoms with van der Waals surface area (Å²) in [6.45, 7) is 0.297. The fourth-order valence-corrected chi connectivity index (χ4v) is 3.14.